The predicted molar refractivity (Wildman–Crippen MR) is 92.7 cm³/mol. The zero-order chi connectivity index (χ0) is 16.8. The van der Waals surface area contributed by atoms with Crippen LogP contribution in [-0.2, 0) is 4.74 Å². The summed E-state index contributed by atoms with van der Waals surface area (Å²) in [6, 6.07) is 3.94. The lowest BCUT2D eigenvalue weighted by molar-refractivity contribution is 0.0248. The van der Waals surface area contributed by atoms with E-state index in [2.05, 4.69) is 15.2 Å². The maximum Gasteiger partial charge on any atom is 0.317 e. The summed E-state index contributed by atoms with van der Waals surface area (Å²) in [5.41, 5.74) is 1.08. The summed E-state index contributed by atoms with van der Waals surface area (Å²) in [6.07, 6.45) is 5.82. The lowest BCUT2D eigenvalue weighted by Gasteiger charge is -2.37. The number of ether oxygens (including phenoxy) is 1. The van der Waals surface area contributed by atoms with Crippen molar-refractivity contribution in [2.45, 2.75) is 25.8 Å². The molecule has 0 aromatic carbocycles. The minimum Gasteiger partial charge on any atom is -0.379 e. The molecule has 1 aromatic rings. The molecule has 2 aliphatic heterocycles. The summed E-state index contributed by atoms with van der Waals surface area (Å²) in [6.45, 7) is 8.50. The standard InChI is InChI=1S/C18H28N4O2/c1-15(17-4-6-19-7-5-17)20-18(23)22-8-2-3-16(14-22)13-21-9-11-24-12-10-21/h4-7,15-16H,2-3,8-14H2,1H3,(H,20,23)/t15-,16+/m0/s1. The molecule has 6 heteroatoms. The van der Waals surface area contributed by atoms with E-state index in [1.165, 1.54) is 6.42 Å². The molecule has 1 aromatic heterocycles. The lowest BCUT2D eigenvalue weighted by Crippen LogP contribution is -2.49. The number of pyridine rings is 1. The average Bonchev–Trinajstić information content (AvgIpc) is 2.63. The van der Waals surface area contributed by atoms with Gasteiger partial charge in [0.25, 0.3) is 0 Å². The second kappa shape index (κ2) is 8.44. The van der Waals surface area contributed by atoms with Crippen molar-refractivity contribution in [3.05, 3.63) is 30.1 Å². The molecule has 2 saturated heterocycles. The zero-order valence-corrected chi connectivity index (χ0v) is 14.5. The fourth-order valence-electron chi connectivity index (χ4n) is 3.56. The first-order chi connectivity index (χ1) is 11.7. The van der Waals surface area contributed by atoms with Gasteiger partial charge in [-0.3, -0.25) is 9.88 Å². The first kappa shape index (κ1) is 17.2. The van der Waals surface area contributed by atoms with Crippen molar-refractivity contribution < 1.29 is 9.53 Å². The van der Waals surface area contributed by atoms with Crippen LogP contribution in [0.1, 0.15) is 31.4 Å². The van der Waals surface area contributed by atoms with Gasteiger partial charge >= 0.3 is 6.03 Å². The van der Waals surface area contributed by atoms with E-state index in [1.54, 1.807) is 12.4 Å². The van der Waals surface area contributed by atoms with E-state index in [1.807, 2.05) is 24.0 Å². The molecule has 3 rings (SSSR count). The van der Waals surface area contributed by atoms with Crippen LogP contribution in [0.25, 0.3) is 0 Å². The molecule has 2 amide bonds. The van der Waals surface area contributed by atoms with Gasteiger partial charge in [-0.25, -0.2) is 4.79 Å². The Morgan fingerprint density at radius 3 is 2.83 bits per heavy atom. The lowest BCUT2D eigenvalue weighted by atomic mass is 9.97. The highest BCUT2D eigenvalue weighted by Crippen LogP contribution is 2.19. The molecule has 132 valence electrons. The highest BCUT2D eigenvalue weighted by atomic mass is 16.5. The van der Waals surface area contributed by atoms with Crippen LogP contribution in [0.4, 0.5) is 4.79 Å². The molecule has 3 heterocycles. The summed E-state index contributed by atoms with van der Waals surface area (Å²) >= 11 is 0. The molecule has 1 N–H and O–H groups in total. The third-order valence-corrected chi connectivity index (χ3v) is 4.97. The molecule has 0 aliphatic carbocycles. The maximum atomic E-state index is 12.6. The van der Waals surface area contributed by atoms with E-state index in [-0.39, 0.29) is 12.1 Å². The SMILES string of the molecule is C[C@H](NC(=O)N1CCC[C@H](CN2CCOCC2)C1)c1ccncc1. The molecule has 2 aliphatic rings. The number of carbonyl (C=O) groups is 1. The Morgan fingerprint density at radius 1 is 1.33 bits per heavy atom. The number of hydrogen-bond acceptors (Lipinski definition) is 4. The Bertz CT molecular complexity index is 519. The summed E-state index contributed by atoms with van der Waals surface area (Å²) in [7, 11) is 0. The number of aromatic nitrogens is 1. The second-order valence-corrected chi connectivity index (χ2v) is 6.82. The van der Waals surface area contributed by atoms with Crippen molar-refractivity contribution in [2.24, 2.45) is 5.92 Å². The Morgan fingerprint density at radius 2 is 2.08 bits per heavy atom. The van der Waals surface area contributed by atoms with E-state index in [0.29, 0.717) is 5.92 Å². The van der Waals surface area contributed by atoms with Gasteiger partial charge in [0.1, 0.15) is 0 Å². The van der Waals surface area contributed by atoms with Crippen LogP contribution in [0, 0.1) is 5.92 Å². The molecule has 24 heavy (non-hydrogen) atoms. The molecule has 0 bridgehead atoms. The third-order valence-electron chi connectivity index (χ3n) is 4.97. The van der Waals surface area contributed by atoms with Crippen LogP contribution in [0.3, 0.4) is 0 Å². The van der Waals surface area contributed by atoms with Crippen molar-refractivity contribution in [2.75, 3.05) is 45.9 Å². The van der Waals surface area contributed by atoms with Gasteiger partial charge in [0.15, 0.2) is 0 Å². The number of likely N-dealkylation sites (tertiary alicyclic amines) is 1. The number of hydrogen-bond donors (Lipinski definition) is 1. The van der Waals surface area contributed by atoms with Gasteiger partial charge in [0.2, 0.25) is 0 Å². The van der Waals surface area contributed by atoms with Crippen LogP contribution in [0.2, 0.25) is 0 Å². The Balaban J connectivity index is 1.49. The number of nitrogens with one attached hydrogen (secondary N) is 1. The van der Waals surface area contributed by atoms with Crippen LogP contribution in [-0.4, -0.2) is 66.8 Å². The monoisotopic (exact) mass is 332 g/mol. The van der Waals surface area contributed by atoms with Gasteiger partial charge < -0.3 is 15.0 Å². The fraction of sp³-hybridized carbons (Fsp3) is 0.667. The topological polar surface area (TPSA) is 57.7 Å². The van der Waals surface area contributed by atoms with Crippen molar-refractivity contribution in [3.63, 3.8) is 0 Å². The van der Waals surface area contributed by atoms with Crippen LogP contribution in [0.5, 0.6) is 0 Å². The Labute approximate surface area is 144 Å². The van der Waals surface area contributed by atoms with Crippen LogP contribution in [0.15, 0.2) is 24.5 Å². The van der Waals surface area contributed by atoms with Crippen molar-refractivity contribution in [1.29, 1.82) is 0 Å². The first-order valence-electron chi connectivity index (χ1n) is 8.98. The zero-order valence-electron chi connectivity index (χ0n) is 14.5. The number of piperidine rings is 1. The van der Waals surface area contributed by atoms with Gasteiger partial charge in [-0.2, -0.15) is 0 Å². The van der Waals surface area contributed by atoms with E-state index < -0.39 is 0 Å². The normalized spacial score (nSPS) is 23.7. The first-order valence-corrected chi connectivity index (χ1v) is 8.98. The number of rotatable bonds is 4. The Hall–Kier alpha value is -1.66. The fourth-order valence-corrected chi connectivity index (χ4v) is 3.56. The summed E-state index contributed by atoms with van der Waals surface area (Å²) < 4.78 is 5.41. The smallest absolute Gasteiger partial charge is 0.317 e. The minimum absolute atomic E-state index is 0.000111. The van der Waals surface area contributed by atoms with Gasteiger partial charge in [0, 0.05) is 45.1 Å². The molecule has 2 atom stereocenters. The van der Waals surface area contributed by atoms with Gasteiger partial charge in [-0.1, -0.05) is 0 Å². The van der Waals surface area contributed by atoms with Gasteiger partial charge in [0.05, 0.1) is 19.3 Å². The highest BCUT2D eigenvalue weighted by Gasteiger charge is 2.26. The van der Waals surface area contributed by atoms with Gasteiger partial charge in [-0.15, -0.1) is 0 Å². The second-order valence-electron chi connectivity index (χ2n) is 6.82. The summed E-state index contributed by atoms with van der Waals surface area (Å²) in [5, 5.41) is 3.12. The van der Waals surface area contributed by atoms with Gasteiger partial charge in [-0.05, 0) is 43.4 Å². The van der Waals surface area contributed by atoms with Crippen molar-refractivity contribution >= 4 is 6.03 Å². The van der Waals surface area contributed by atoms with E-state index in [0.717, 1.165) is 57.9 Å². The number of amides is 2. The quantitative estimate of drug-likeness (QED) is 0.915. The van der Waals surface area contributed by atoms with E-state index in [9.17, 15) is 4.79 Å². The maximum absolute atomic E-state index is 12.6. The molecular weight excluding hydrogens is 304 g/mol. The number of morpholine rings is 1. The van der Waals surface area contributed by atoms with Crippen molar-refractivity contribution in [1.82, 2.24) is 20.1 Å². The molecule has 2 fully saturated rings. The van der Waals surface area contributed by atoms with E-state index in [4.69, 9.17) is 4.74 Å². The number of urea groups is 1. The molecule has 0 unspecified atom stereocenters. The largest absolute Gasteiger partial charge is 0.379 e. The van der Waals surface area contributed by atoms with Crippen LogP contribution < -0.4 is 5.32 Å². The number of nitrogens with zero attached hydrogens (tertiary/aromatic N) is 3. The van der Waals surface area contributed by atoms with Crippen molar-refractivity contribution in [3.8, 4) is 0 Å². The van der Waals surface area contributed by atoms with Crippen LogP contribution >= 0.6 is 0 Å². The molecule has 6 nitrogen and oxygen atoms in total. The number of carbonyl (C=O) groups excluding carboxylic acids is 1. The molecule has 0 saturated carbocycles. The molecule has 0 spiro atoms. The summed E-state index contributed by atoms with van der Waals surface area (Å²) in [4.78, 5) is 21.1. The third kappa shape index (κ3) is 4.68. The Kier molecular flexibility index (Phi) is 6.04. The van der Waals surface area contributed by atoms with E-state index >= 15 is 0 Å². The average molecular weight is 332 g/mol. The predicted octanol–water partition coefficient (Wildman–Crippen LogP) is 1.90. The highest BCUT2D eigenvalue weighted by molar-refractivity contribution is 5.74. The molecule has 0 radical (unpaired) electrons. The minimum atomic E-state index is 0.000111. The summed E-state index contributed by atoms with van der Waals surface area (Å²) in [5.74, 6) is 0.568. The molecular formula is C18H28N4O2.